The zero-order valence-corrected chi connectivity index (χ0v) is 30.6. The number of fused-ring (bicyclic) bond motifs is 6. The van der Waals surface area contributed by atoms with Gasteiger partial charge in [0.15, 0.2) is 23.3 Å². The first-order valence-electron chi connectivity index (χ1n) is 18.4. The first-order chi connectivity index (χ1) is 27.7. The van der Waals surface area contributed by atoms with Crippen LogP contribution in [0.25, 0.3) is 110 Å². The van der Waals surface area contributed by atoms with Crippen LogP contribution in [0, 0.1) is 0 Å². The molecule has 0 unspecified atom stereocenters. The van der Waals surface area contributed by atoms with E-state index in [0.717, 1.165) is 82.2 Å². The van der Waals surface area contributed by atoms with Gasteiger partial charge in [0.2, 0.25) is 0 Å². The molecule has 0 radical (unpaired) electrons. The summed E-state index contributed by atoms with van der Waals surface area (Å²) in [7, 11) is 0. The highest BCUT2D eigenvalue weighted by atomic mass is 32.1. The average molecular weight is 736 g/mol. The van der Waals surface area contributed by atoms with Crippen LogP contribution < -0.4 is 0 Å². The molecule has 0 amide bonds. The molecule has 11 aromatic rings. The number of thiophene rings is 1. The zero-order valence-electron chi connectivity index (χ0n) is 29.8. The summed E-state index contributed by atoms with van der Waals surface area (Å²) < 4.78 is 8.84. The summed E-state index contributed by atoms with van der Waals surface area (Å²) in [6.07, 6.45) is 0. The molecule has 0 saturated carbocycles. The molecular weight excluding hydrogens is 707 g/mol. The predicted octanol–water partition coefficient (Wildman–Crippen LogP) is 12.9. The summed E-state index contributed by atoms with van der Waals surface area (Å²) in [5, 5.41) is 3.08. The van der Waals surface area contributed by atoms with Crippen molar-refractivity contribution in [2.45, 2.75) is 0 Å². The fourth-order valence-corrected chi connectivity index (χ4v) is 8.71. The van der Waals surface area contributed by atoms with E-state index in [1.54, 1.807) is 11.3 Å². The second-order valence-electron chi connectivity index (χ2n) is 13.6. The maximum absolute atomic E-state index is 6.59. The van der Waals surface area contributed by atoms with Crippen molar-refractivity contribution in [2.24, 2.45) is 0 Å². The molecule has 262 valence electrons. The third-order valence-corrected chi connectivity index (χ3v) is 11.3. The lowest BCUT2D eigenvalue weighted by molar-refractivity contribution is 0.669. The van der Waals surface area contributed by atoms with Crippen LogP contribution >= 0.6 is 11.3 Å². The van der Waals surface area contributed by atoms with Gasteiger partial charge in [0, 0.05) is 48.7 Å². The first-order valence-corrected chi connectivity index (χ1v) is 19.2. The number of aromatic nitrogens is 5. The normalized spacial score (nSPS) is 11.6. The van der Waals surface area contributed by atoms with E-state index < -0.39 is 0 Å². The maximum Gasteiger partial charge on any atom is 0.164 e. The highest BCUT2D eigenvalue weighted by Crippen LogP contribution is 2.44. The van der Waals surface area contributed by atoms with Crippen LogP contribution in [0.3, 0.4) is 0 Å². The van der Waals surface area contributed by atoms with E-state index in [-0.39, 0.29) is 0 Å². The number of rotatable bonds is 6. The monoisotopic (exact) mass is 735 g/mol. The van der Waals surface area contributed by atoms with Crippen LogP contribution in [0.1, 0.15) is 0 Å². The molecule has 0 aliphatic rings. The Morgan fingerprint density at radius 3 is 1.54 bits per heavy atom. The highest BCUT2D eigenvalue weighted by molar-refractivity contribution is 7.26. The molecule has 56 heavy (non-hydrogen) atoms. The molecular formula is C49H29N5OS. The van der Waals surface area contributed by atoms with Crippen LogP contribution in [-0.4, -0.2) is 24.9 Å². The molecule has 0 atom stereocenters. The molecule has 4 aromatic heterocycles. The minimum atomic E-state index is 0.580. The molecule has 0 aliphatic heterocycles. The van der Waals surface area contributed by atoms with E-state index in [4.69, 9.17) is 29.3 Å². The third kappa shape index (κ3) is 5.44. The Morgan fingerprint density at radius 2 is 0.875 bits per heavy atom. The number of furan rings is 1. The second-order valence-corrected chi connectivity index (χ2v) is 14.7. The molecule has 7 aromatic carbocycles. The van der Waals surface area contributed by atoms with Crippen LogP contribution in [0.5, 0.6) is 0 Å². The Kier molecular flexibility index (Phi) is 7.57. The van der Waals surface area contributed by atoms with Crippen molar-refractivity contribution in [1.29, 1.82) is 0 Å². The second kappa shape index (κ2) is 13.2. The van der Waals surface area contributed by atoms with E-state index >= 15 is 0 Å². The topological polar surface area (TPSA) is 77.6 Å². The molecule has 0 aliphatic carbocycles. The van der Waals surface area contributed by atoms with E-state index in [2.05, 4.69) is 78.9 Å². The molecule has 0 spiro atoms. The van der Waals surface area contributed by atoms with Crippen LogP contribution in [0.15, 0.2) is 180 Å². The Morgan fingerprint density at radius 1 is 0.375 bits per heavy atom. The zero-order chi connectivity index (χ0) is 37.0. The molecule has 6 nitrogen and oxygen atoms in total. The summed E-state index contributed by atoms with van der Waals surface area (Å²) in [6.45, 7) is 0. The summed E-state index contributed by atoms with van der Waals surface area (Å²) in [5.41, 5.74) is 10.2. The van der Waals surface area contributed by atoms with Crippen LogP contribution in [0.4, 0.5) is 0 Å². The van der Waals surface area contributed by atoms with Gasteiger partial charge in [0.05, 0.1) is 15.9 Å². The first kappa shape index (κ1) is 32.1. The van der Waals surface area contributed by atoms with E-state index in [1.807, 2.05) is 97.1 Å². The van der Waals surface area contributed by atoms with Gasteiger partial charge in [-0.05, 0) is 35.4 Å². The van der Waals surface area contributed by atoms with Gasteiger partial charge in [-0.25, -0.2) is 24.9 Å². The number of hydrogen-bond donors (Lipinski definition) is 0. The van der Waals surface area contributed by atoms with Gasteiger partial charge >= 0.3 is 0 Å². The van der Waals surface area contributed by atoms with Crippen molar-refractivity contribution in [3.05, 3.63) is 176 Å². The molecule has 7 heteroatoms. The fourth-order valence-electron chi connectivity index (χ4n) is 7.56. The lowest BCUT2D eigenvalue weighted by atomic mass is 9.95. The minimum Gasteiger partial charge on any atom is -0.456 e. The highest BCUT2D eigenvalue weighted by Gasteiger charge is 2.21. The molecule has 0 saturated heterocycles. The number of nitrogens with zero attached hydrogens (tertiary/aromatic N) is 5. The maximum atomic E-state index is 6.59. The standard InChI is InChI=1S/C49H29N5OS/c1-4-15-30(16-5-1)46-50-43(45-44(51-46)36-23-10-11-28-40(36)56-45)34-22-12-21-33(29-34)35-24-13-26-38-41(35)42-37(25-14-27-39(42)55-38)49-53-47(31-17-6-2-7-18-31)52-48(54-49)32-19-8-3-9-20-32/h1-29H. The third-order valence-electron chi connectivity index (χ3n) is 10.2. The lowest BCUT2D eigenvalue weighted by Gasteiger charge is -2.11. The SMILES string of the molecule is c1ccc(-c2nc(-c3ccccc3)nc(-c3cccc4oc5cccc(-c6cccc(-c7nc(-c8ccccc8)nc8c7sc7ccccc78)c6)c5c34)n2)cc1. The summed E-state index contributed by atoms with van der Waals surface area (Å²) in [4.78, 5) is 25.5. The number of hydrogen-bond acceptors (Lipinski definition) is 7. The average Bonchev–Trinajstić information content (AvgIpc) is 3.86. The predicted molar refractivity (Wildman–Crippen MR) is 228 cm³/mol. The van der Waals surface area contributed by atoms with Gasteiger partial charge in [-0.3, -0.25) is 0 Å². The fraction of sp³-hybridized carbons (Fsp3) is 0. The van der Waals surface area contributed by atoms with Gasteiger partial charge in [0.25, 0.3) is 0 Å². The molecule has 0 fully saturated rings. The van der Waals surface area contributed by atoms with Gasteiger partial charge < -0.3 is 4.42 Å². The molecule has 11 rings (SSSR count). The van der Waals surface area contributed by atoms with Crippen molar-refractivity contribution in [1.82, 2.24) is 24.9 Å². The quantitative estimate of drug-likeness (QED) is 0.169. The molecule has 0 bridgehead atoms. The lowest BCUT2D eigenvalue weighted by Crippen LogP contribution is -2.00. The summed E-state index contributed by atoms with van der Waals surface area (Å²) in [5.74, 6) is 2.51. The Hall–Kier alpha value is -7.35. The molecule has 4 heterocycles. The molecule has 0 N–H and O–H groups in total. The smallest absolute Gasteiger partial charge is 0.164 e. The Labute approximate surface area is 325 Å². The van der Waals surface area contributed by atoms with Crippen LogP contribution in [0.2, 0.25) is 0 Å². The van der Waals surface area contributed by atoms with Crippen LogP contribution in [-0.2, 0) is 0 Å². The number of benzene rings is 7. The Balaban J connectivity index is 1.12. The van der Waals surface area contributed by atoms with Gasteiger partial charge in [-0.15, -0.1) is 11.3 Å². The van der Waals surface area contributed by atoms with E-state index in [9.17, 15) is 0 Å². The van der Waals surface area contributed by atoms with E-state index in [1.165, 1.54) is 4.70 Å². The van der Waals surface area contributed by atoms with Crippen molar-refractivity contribution >= 4 is 53.6 Å². The van der Waals surface area contributed by atoms with Gasteiger partial charge in [0.1, 0.15) is 11.2 Å². The largest absolute Gasteiger partial charge is 0.456 e. The Bertz CT molecular complexity index is 3190. The summed E-state index contributed by atoms with van der Waals surface area (Å²) in [6, 6.07) is 59.8. The van der Waals surface area contributed by atoms with Crippen molar-refractivity contribution < 1.29 is 4.42 Å². The minimum absolute atomic E-state index is 0.580. The van der Waals surface area contributed by atoms with Gasteiger partial charge in [-0.1, -0.05) is 152 Å². The van der Waals surface area contributed by atoms with Crippen molar-refractivity contribution in [2.75, 3.05) is 0 Å². The van der Waals surface area contributed by atoms with Crippen molar-refractivity contribution in [3.63, 3.8) is 0 Å². The van der Waals surface area contributed by atoms with Gasteiger partial charge in [-0.2, -0.15) is 0 Å². The van der Waals surface area contributed by atoms with E-state index in [0.29, 0.717) is 23.3 Å². The van der Waals surface area contributed by atoms with Crippen molar-refractivity contribution in [3.8, 4) is 67.9 Å². The summed E-state index contributed by atoms with van der Waals surface area (Å²) >= 11 is 1.73.